The maximum absolute atomic E-state index is 11.9. The molecule has 0 aliphatic rings. The van der Waals surface area contributed by atoms with E-state index in [-0.39, 0.29) is 10.7 Å². The Balaban J connectivity index is 4.89. The van der Waals surface area contributed by atoms with Crippen LogP contribution in [0.3, 0.4) is 0 Å². The zero-order valence-electron chi connectivity index (χ0n) is 10.9. The second-order valence-corrected chi connectivity index (χ2v) is 6.53. The fraction of sp³-hybridized carbons (Fsp3) is 0.750. The van der Waals surface area contributed by atoms with Crippen LogP contribution in [0.4, 0.5) is 0 Å². The summed E-state index contributed by atoms with van der Waals surface area (Å²) in [6, 6.07) is 0. The molecule has 0 saturated heterocycles. The molecule has 94 valence electrons. The van der Waals surface area contributed by atoms with Crippen molar-refractivity contribution in [3.63, 3.8) is 0 Å². The van der Waals surface area contributed by atoms with Gasteiger partial charge in [0.15, 0.2) is 0 Å². The lowest BCUT2D eigenvalue weighted by molar-refractivity contribution is 0.363. The average molecular weight is 245 g/mol. The highest BCUT2D eigenvalue weighted by Crippen LogP contribution is 2.17. The van der Waals surface area contributed by atoms with Gasteiger partial charge >= 0.3 is 0 Å². The van der Waals surface area contributed by atoms with E-state index in [1.165, 1.54) is 0 Å². The smallest absolute Gasteiger partial charge is 0.200 e. The molecule has 1 unspecified atom stereocenters. The third-order valence-corrected chi connectivity index (χ3v) is 3.59. The minimum atomic E-state index is -1.26. The van der Waals surface area contributed by atoms with Crippen LogP contribution in [-0.2, 0) is 15.7 Å². The van der Waals surface area contributed by atoms with Gasteiger partial charge in [-0.05, 0) is 33.6 Å². The molecule has 16 heavy (non-hydrogen) atoms. The van der Waals surface area contributed by atoms with Crippen molar-refractivity contribution in [1.29, 1.82) is 0 Å². The minimum Gasteiger partial charge on any atom is -0.483 e. The quantitative estimate of drug-likeness (QED) is 0.424. The van der Waals surface area contributed by atoms with Crippen LogP contribution in [0.1, 0.15) is 40.5 Å². The topological polar surface area (TPSA) is 38.7 Å². The molecule has 0 saturated carbocycles. The normalized spacial score (nSPS) is 16.7. The Morgan fingerprint density at radius 2 is 2.12 bits per heavy atom. The van der Waals surface area contributed by atoms with Crippen LogP contribution in [0.2, 0.25) is 0 Å². The van der Waals surface area contributed by atoms with Crippen LogP contribution in [0.5, 0.6) is 0 Å². The van der Waals surface area contributed by atoms with Crippen LogP contribution in [0.25, 0.3) is 0 Å². The highest BCUT2D eigenvalue weighted by Gasteiger charge is 2.22. The molecular weight excluding hydrogens is 222 g/mol. The lowest BCUT2D eigenvalue weighted by Gasteiger charge is -2.18. The number of nitrogens with zero attached hydrogens (tertiary/aromatic N) is 1. The summed E-state index contributed by atoms with van der Waals surface area (Å²) in [5.41, 5.74) is 0. The van der Waals surface area contributed by atoms with Gasteiger partial charge in [0.1, 0.15) is 11.0 Å². The Hall–Kier alpha value is -0.640. The van der Waals surface area contributed by atoms with Gasteiger partial charge in [0.2, 0.25) is 5.90 Å². The van der Waals surface area contributed by atoms with Gasteiger partial charge in [-0.15, -0.1) is 6.58 Å². The first kappa shape index (κ1) is 15.4. The first-order valence-corrected chi connectivity index (χ1v) is 6.62. The van der Waals surface area contributed by atoms with Gasteiger partial charge in [-0.3, -0.25) is 0 Å². The molecule has 3 nitrogen and oxygen atoms in total. The van der Waals surface area contributed by atoms with Gasteiger partial charge in [-0.1, -0.05) is 13.0 Å². The highest BCUT2D eigenvalue weighted by molar-refractivity contribution is 7.85. The minimum absolute atomic E-state index is 0.175. The molecule has 0 amide bonds. The van der Waals surface area contributed by atoms with Gasteiger partial charge in [-0.2, -0.15) is 4.40 Å². The molecule has 4 heteroatoms. The van der Waals surface area contributed by atoms with Crippen molar-refractivity contribution in [3.8, 4) is 0 Å². The summed E-state index contributed by atoms with van der Waals surface area (Å²) >= 11 is 0. The number of ether oxygens (including phenoxy) is 1. The van der Waals surface area contributed by atoms with E-state index >= 15 is 0 Å². The third kappa shape index (κ3) is 4.92. The van der Waals surface area contributed by atoms with Gasteiger partial charge in [0.25, 0.3) is 0 Å². The predicted octanol–water partition coefficient (Wildman–Crippen LogP) is 3.10. The van der Waals surface area contributed by atoms with E-state index in [1.807, 2.05) is 26.8 Å². The highest BCUT2D eigenvalue weighted by atomic mass is 32.2. The summed E-state index contributed by atoms with van der Waals surface area (Å²) in [6.45, 7) is 11.5. The Kier molecular flexibility index (Phi) is 6.56. The third-order valence-electron chi connectivity index (χ3n) is 2.20. The maximum Gasteiger partial charge on any atom is 0.200 e. The van der Waals surface area contributed by atoms with E-state index in [1.54, 1.807) is 7.11 Å². The molecule has 0 fully saturated rings. The first-order chi connectivity index (χ1) is 7.36. The summed E-state index contributed by atoms with van der Waals surface area (Å²) in [7, 11) is 0.309. The monoisotopic (exact) mass is 245 g/mol. The standard InChI is InChI=1S/C12H23NO2S/c1-7-9-10(8-2)11(15-6)13-16(14)12(3,4)5/h7,10H,1,8-9H2,2-6H3/b13-11-/t10-,16?/m1/s1. The lowest BCUT2D eigenvalue weighted by atomic mass is 10.0. The van der Waals surface area contributed by atoms with Crippen molar-refractivity contribution in [3.05, 3.63) is 12.7 Å². The summed E-state index contributed by atoms with van der Waals surface area (Å²) in [5.74, 6) is 0.740. The zero-order valence-corrected chi connectivity index (χ0v) is 11.8. The maximum atomic E-state index is 11.9. The Labute approximate surface area is 102 Å². The van der Waals surface area contributed by atoms with Crippen molar-refractivity contribution < 1.29 is 8.95 Å². The molecule has 0 bridgehead atoms. The van der Waals surface area contributed by atoms with Crippen LogP contribution >= 0.6 is 0 Å². The molecule has 0 aromatic rings. The SMILES string of the molecule is C=CC[C@@H](CC)/C(=N/S(=O)C(C)(C)C)OC. The Bertz CT molecular complexity index is 279. The van der Waals surface area contributed by atoms with E-state index in [9.17, 15) is 4.21 Å². The van der Waals surface area contributed by atoms with Crippen molar-refractivity contribution in [1.82, 2.24) is 0 Å². The first-order valence-electron chi connectivity index (χ1n) is 5.52. The van der Waals surface area contributed by atoms with Crippen molar-refractivity contribution in [2.45, 2.75) is 45.3 Å². The van der Waals surface area contributed by atoms with E-state index in [0.717, 1.165) is 12.8 Å². The molecule has 0 heterocycles. The van der Waals surface area contributed by atoms with E-state index in [4.69, 9.17) is 4.74 Å². The van der Waals surface area contributed by atoms with Gasteiger partial charge in [-0.25, -0.2) is 4.21 Å². The molecule has 0 aliphatic carbocycles. The number of hydrogen-bond donors (Lipinski definition) is 0. The molecular formula is C12H23NO2S. The second kappa shape index (κ2) is 6.84. The van der Waals surface area contributed by atoms with Crippen LogP contribution in [0, 0.1) is 5.92 Å². The predicted molar refractivity (Wildman–Crippen MR) is 70.9 cm³/mol. The zero-order chi connectivity index (χ0) is 12.8. The van der Waals surface area contributed by atoms with Crippen LogP contribution in [-0.4, -0.2) is 22.0 Å². The fourth-order valence-corrected chi connectivity index (χ4v) is 1.80. The van der Waals surface area contributed by atoms with E-state index in [0.29, 0.717) is 5.90 Å². The number of allylic oxidation sites excluding steroid dienone is 1. The van der Waals surface area contributed by atoms with Crippen molar-refractivity contribution >= 4 is 16.9 Å². The van der Waals surface area contributed by atoms with Gasteiger partial charge in [0.05, 0.1) is 11.9 Å². The molecule has 0 radical (unpaired) electrons. The Morgan fingerprint density at radius 3 is 2.44 bits per heavy atom. The largest absolute Gasteiger partial charge is 0.483 e. The van der Waals surface area contributed by atoms with Crippen LogP contribution in [0.15, 0.2) is 17.1 Å². The fourth-order valence-electron chi connectivity index (χ4n) is 1.14. The molecule has 0 rings (SSSR count). The van der Waals surface area contributed by atoms with Crippen molar-refractivity contribution in [2.24, 2.45) is 10.3 Å². The number of hydrogen-bond acceptors (Lipinski definition) is 2. The van der Waals surface area contributed by atoms with Gasteiger partial charge < -0.3 is 4.74 Å². The van der Waals surface area contributed by atoms with Crippen molar-refractivity contribution in [2.75, 3.05) is 7.11 Å². The number of rotatable bonds is 5. The molecule has 0 spiro atoms. The molecule has 0 aromatic carbocycles. The summed E-state index contributed by atoms with van der Waals surface area (Å²) in [5, 5.41) is 0. The van der Waals surface area contributed by atoms with Crippen LogP contribution < -0.4 is 0 Å². The Morgan fingerprint density at radius 1 is 1.56 bits per heavy atom. The molecule has 0 aromatic heterocycles. The van der Waals surface area contributed by atoms with E-state index < -0.39 is 11.0 Å². The summed E-state index contributed by atoms with van der Waals surface area (Å²) in [6.07, 6.45) is 3.53. The molecule has 0 aliphatic heterocycles. The summed E-state index contributed by atoms with van der Waals surface area (Å²) < 4.78 is 20.9. The number of methoxy groups -OCH3 is 1. The summed E-state index contributed by atoms with van der Waals surface area (Å²) in [4.78, 5) is 0. The molecule has 2 atom stereocenters. The molecule has 0 N–H and O–H groups in total. The second-order valence-electron chi connectivity index (χ2n) is 4.62. The average Bonchev–Trinajstić information content (AvgIpc) is 2.21. The van der Waals surface area contributed by atoms with E-state index in [2.05, 4.69) is 17.9 Å². The van der Waals surface area contributed by atoms with Gasteiger partial charge in [0, 0.05) is 5.92 Å². The lowest BCUT2D eigenvalue weighted by Crippen LogP contribution is -2.24.